The number of aliphatic hydroxyl groups is 3. The molecule has 0 aromatic heterocycles. The Morgan fingerprint density at radius 2 is 1.81 bits per heavy atom. The number of carbonyl (C=O) groups is 1. The molecule has 8 heteroatoms. The van der Waals surface area contributed by atoms with E-state index in [4.69, 9.17) is 14.2 Å². The van der Waals surface area contributed by atoms with Gasteiger partial charge in [0.2, 0.25) is 0 Å². The van der Waals surface area contributed by atoms with E-state index in [9.17, 15) is 25.2 Å². The first kappa shape index (κ1) is 20.6. The molecule has 1 aromatic carbocycles. The average molecular weight is 370 g/mol. The van der Waals surface area contributed by atoms with Gasteiger partial charge in [-0.1, -0.05) is 12.1 Å². The molecule has 0 unspecified atom stereocenters. The number of rotatable bonds is 7. The van der Waals surface area contributed by atoms with Crippen LogP contribution in [0, 0.1) is 0 Å². The van der Waals surface area contributed by atoms with Gasteiger partial charge in [-0.25, -0.2) is 0 Å². The number of carbonyl (C=O) groups excluding carboxylic acids is 1. The topological polar surface area (TPSA) is 126 Å². The van der Waals surface area contributed by atoms with Crippen molar-refractivity contribution in [2.24, 2.45) is 0 Å². The number of phenols is 1. The summed E-state index contributed by atoms with van der Waals surface area (Å²) in [5.41, 5.74) is 1.02. The molecule has 1 fully saturated rings. The van der Waals surface area contributed by atoms with Gasteiger partial charge in [-0.05, 0) is 37.5 Å². The first-order valence-corrected chi connectivity index (χ1v) is 8.54. The highest BCUT2D eigenvalue weighted by atomic mass is 16.7. The van der Waals surface area contributed by atoms with E-state index in [1.807, 2.05) is 12.1 Å². The van der Waals surface area contributed by atoms with E-state index in [1.165, 1.54) is 6.92 Å². The lowest BCUT2D eigenvalue weighted by atomic mass is 9.99. The van der Waals surface area contributed by atoms with Gasteiger partial charge in [0, 0.05) is 6.92 Å². The standard InChI is InChI=1S/C18H26O8/c1-10(3-4-12-5-7-13(20)8-6-12)25-18-17(23)16(22)15(21)14(26-18)9-24-11(2)19/h5-8,10,14-18,20-23H,3-4,9H2,1-2H3/t10-,14+,15+,16-,17+,18+/m0/s1. The minimum atomic E-state index is -1.47. The van der Waals surface area contributed by atoms with Crippen molar-refractivity contribution in [3.8, 4) is 5.75 Å². The highest BCUT2D eigenvalue weighted by Gasteiger charge is 2.45. The Kier molecular flexibility index (Phi) is 7.36. The minimum absolute atomic E-state index is 0.197. The van der Waals surface area contributed by atoms with Gasteiger partial charge >= 0.3 is 5.97 Å². The van der Waals surface area contributed by atoms with E-state index >= 15 is 0 Å². The SMILES string of the molecule is CC(=O)OC[C@H]1O[C@@H](O[C@@H](C)CCc2ccc(O)cc2)[C@H](O)[C@@H](O)[C@@H]1O. The van der Waals surface area contributed by atoms with Crippen LogP contribution in [0.15, 0.2) is 24.3 Å². The molecule has 1 aromatic rings. The summed E-state index contributed by atoms with van der Waals surface area (Å²) in [4.78, 5) is 10.9. The van der Waals surface area contributed by atoms with Crippen LogP contribution in [0.5, 0.6) is 5.75 Å². The fourth-order valence-corrected chi connectivity index (χ4v) is 2.70. The Bertz CT molecular complexity index is 575. The summed E-state index contributed by atoms with van der Waals surface area (Å²) in [5, 5.41) is 39.3. The van der Waals surface area contributed by atoms with Crippen molar-refractivity contribution in [3.05, 3.63) is 29.8 Å². The lowest BCUT2D eigenvalue weighted by Crippen LogP contribution is -2.59. The number of aromatic hydroxyl groups is 1. The molecule has 8 nitrogen and oxygen atoms in total. The van der Waals surface area contributed by atoms with Crippen LogP contribution in [0.1, 0.15) is 25.8 Å². The van der Waals surface area contributed by atoms with Gasteiger partial charge in [0.25, 0.3) is 0 Å². The van der Waals surface area contributed by atoms with Crippen LogP contribution in [0.2, 0.25) is 0 Å². The molecule has 146 valence electrons. The predicted molar refractivity (Wildman–Crippen MR) is 90.3 cm³/mol. The van der Waals surface area contributed by atoms with Crippen molar-refractivity contribution in [2.45, 2.75) is 63.5 Å². The van der Waals surface area contributed by atoms with Crippen LogP contribution >= 0.6 is 0 Å². The monoisotopic (exact) mass is 370 g/mol. The van der Waals surface area contributed by atoms with E-state index in [2.05, 4.69) is 0 Å². The van der Waals surface area contributed by atoms with Crippen molar-refractivity contribution in [3.63, 3.8) is 0 Å². The summed E-state index contributed by atoms with van der Waals surface area (Å²) >= 11 is 0. The van der Waals surface area contributed by atoms with Crippen molar-refractivity contribution >= 4 is 5.97 Å². The zero-order chi connectivity index (χ0) is 19.3. The predicted octanol–water partition coefficient (Wildman–Crippen LogP) is 0.101. The van der Waals surface area contributed by atoms with Gasteiger partial charge in [0.15, 0.2) is 6.29 Å². The molecule has 0 spiro atoms. The third-order valence-corrected chi connectivity index (χ3v) is 4.26. The molecule has 1 aliphatic rings. The number of aliphatic hydroxyl groups excluding tert-OH is 3. The molecule has 1 saturated heterocycles. The second kappa shape index (κ2) is 9.29. The summed E-state index contributed by atoms with van der Waals surface area (Å²) in [7, 11) is 0. The van der Waals surface area contributed by atoms with Crippen molar-refractivity contribution < 1.29 is 39.4 Å². The van der Waals surface area contributed by atoms with Gasteiger partial charge in [0.1, 0.15) is 36.8 Å². The zero-order valence-electron chi connectivity index (χ0n) is 14.8. The van der Waals surface area contributed by atoms with Crippen LogP contribution in [-0.2, 0) is 25.4 Å². The van der Waals surface area contributed by atoms with Crippen LogP contribution in [0.3, 0.4) is 0 Å². The molecule has 2 rings (SSSR count). The molecule has 26 heavy (non-hydrogen) atoms. The maximum atomic E-state index is 10.9. The summed E-state index contributed by atoms with van der Waals surface area (Å²) in [5.74, 6) is -0.343. The minimum Gasteiger partial charge on any atom is -0.508 e. The molecule has 0 bridgehead atoms. The first-order chi connectivity index (χ1) is 12.3. The number of phenolic OH excluding ortho intramolecular Hbond substituents is 1. The Hall–Kier alpha value is -1.71. The molecular weight excluding hydrogens is 344 g/mol. The second-order valence-corrected chi connectivity index (χ2v) is 6.47. The van der Waals surface area contributed by atoms with E-state index in [0.29, 0.717) is 12.8 Å². The van der Waals surface area contributed by atoms with Crippen molar-refractivity contribution in [1.82, 2.24) is 0 Å². The maximum Gasteiger partial charge on any atom is 0.302 e. The second-order valence-electron chi connectivity index (χ2n) is 6.47. The molecule has 1 aliphatic heterocycles. The number of benzene rings is 1. The van der Waals surface area contributed by atoms with E-state index in [0.717, 1.165) is 5.56 Å². The van der Waals surface area contributed by atoms with Crippen molar-refractivity contribution in [2.75, 3.05) is 6.61 Å². The molecular formula is C18H26O8. The molecule has 1 heterocycles. The van der Waals surface area contributed by atoms with Gasteiger partial charge in [-0.15, -0.1) is 0 Å². The van der Waals surface area contributed by atoms with Crippen LogP contribution < -0.4 is 0 Å². The summed E-state index contributed by atoms with van der Waals surface area (Å²) in [6.07, 6.45) is -5.43. The van der Waals surface area contributed by atoms with E-state index in [1.54, 1.807) is 19.1 Å². The molecule has 6 atom stereocenters. The largest absolute Gasteiger partial charge is 0.508 e. The Balaban J connectivity index is 1.88. The lowest BCUT2D eigenvalue weighted by Gasteiger charge is -2.40. The fourth-order valence-electron chi connectivity index (χ4n) is 2.70. The van der Waals surface area contributed by atoms with Crippen LogP contribution in [-0.4, -0.2) is 69.8 Å². The first-order valence-electron chi connectivity index (χ1n) is 8.54. The smallest absolute Gasteiger partial charge is 0.302 e. The van der Waals surface area contributed by atoms with Gasteiger partial charge in [-0.2, -0.15) is 0 Å². The van der Waals surface area contributed by atoms with E-state index in [-0.39, 0.29) is 18.5 Å². The summed E-state index contributed by atoms with van der Waals surface area (Å²) < 4.78 is 16.0. The fraction of sp³-hybridized carbons (Fsp3) is 0.611. The lowest BCUT2D eigenvalue weighted by molar-refractivity contribution is -0.310. The number of hydrogen-bond acceptors (Lipinski definition) is 8. The number of aryl methyl sites for hydroxylation is 1. The Labute approximate surface area is 151 Å². The van der Waals surface area contributed by atoms with Crippen LogP contribution in [0.25, 0.3) is 0 Å². The summed E-state index contributed by atoms with van der Waals surface area (Å²) in [6.45, 7) is 2.77. The van der Waals surface area contributed by atoms with Gasteiger partial charge < -0.3 is 34.6 Å². The summed E-state index contributed by atoms with van der Waals surface area (Å²) in [6, 6.07) is 6.82. The van der Waals surface area contributed by atoms with E-state index < -0.39 is 36.7 Å². The quantitative estimate of drug-likeness (QED) is 0.498. The third-order valence-electron chi connectivity index (χ3n) is 4.26. The molecule has 0 radical (unpaired) electrons. The molecule has 4 N–H and O–H groups in total. The molecule has 0 amide bonds. The normalized spacial score (nSPS) is 30.0. The number of esters is 1. The van der Waals surface area contributed by atoms with Gasteiger partial charge in [0.05, 0.1) is 6.10 Å². The number of hydrogen-bond donors (Lipinski definition) is 4. The molecule has 0 saturated carbocycles. The highest BCUT2D eigenvalue weighted by Crippen LogP contribution is 2.24. The average Bonchev–Trinajstić information content (AvgIpc) is 2.60. The highest BCUT2D eigenvalue weighted by molar-refractivity contribution is 5.65. The Morgan fingerprint density at radius 3 is 2.42 bits per heavy atom. The van der Waals surface area contributed by atoms with Crippen LogP contribution in [0.4, 0.5) is 0 Å². The molecule has 0 aliphatic carbocycles. The number of ether oxygens (including phenoxy) is 3. The maximum absolute atomic E-state index is 10.9. The Morgan fingerprint density at radius 1 is 1.15 bits per heavy atom. The van der Waals surface area contributed by atoms with Gasteiger partial charge in [-0.3, -0.25) is 4.79 Å². The third kappa shape index (κ3) is 5.65. The zero-order valence-corrected chi connectivity index (χ0v) is 14.8. The van der Waals surface area contributed by atoms with Crippen molar-refractivity contribution in [1.29, 1.82) is 0 Å².